The highest BCUT2D eigenvalue weighted by atomic mass is 32.2. The Morgan fingerprint density at radius 2 is 1.96 bits per heavy atom. The molecule has 7 nitrogen and oxygen atoms in total. The third kappa shape index (κ3) is 4.19. The van der Waals surface area contributed by atoms with Crippen LogP contribution in [0.3, 0.4) is 0 Å². The largest absolute Gasteiger partial charge is 0.495 e. The van der Waals surface area contributed by atoms with Crippen molar-refractivity contribution in [2.45, 2.75) is 13.5 Å². The Bertz CT molecular complexity index is 939. The molecule has 0 radical (unpaired) electrons. The minimum atomic E-state index is -2.90. The van der Waals surface area contributed by atoms with Gasteiger partial charge in [0, 0.05) is 43.7 Å². The molecule has 0 aliphatic carbocycles. The molecule has 1 aliphatic rings. The summed E-state index contributed by atoms with van der Waals surface area (Å²) in [5, 5.41) is 3.32. The topological polar surface area (TPSA) is 91.5 Å². The van der Waals surface area contributed by atoms with Gasteiger partial charge in [0.1, 0.15) is 5.75 Å². The van der Waals surface area contributed by atoms with E-state index in [9.17, 15) is 13.2 Å². The maximum Gasteiger partial charge on any atom is 0.248 e. The van der Waals surface area contributed by atoms with Gasteiger partial charge in [0.05, 0.1) is 24.3 Å². The zero-order valence-corrected chi connectivity index (χ0v) is 15.7. The van der Waals surface area contributed by atoms with Crippen molar-refractivity contribution < 1.29 is 13.2 Å². The number of aromatic amines is 1. The smallest absolute Gasteiger partial charge is 0.248 e. The highest BCUT2D eigenvalue weighted by Crippen LogP contribution is 2.31. The van der Waals surface area contributed by atoms with Gasteiger partial charge in [-0.25, -0.2) is 8.42 Å². The molecule has 1 saturated heterocycles. The van der Waals surface area contributed by atoms with Gasteiger partial charge in [0.25, 0.3) is 0 Å². The van der Waals surface area contributed by atoms with Gasteiger partial charge in [-0.3, -0.25) is 4.79 Å². The number of nitrogens with zero attached hydrogens (tertiary/aromatic N) is 1. The molecule has 0 bridgehead atoms. The lowest BCUT2D eigenvalue weighted by Gasteiger charge is -2.29. The minimum Gasteiger partial charge on any atom is -0.495 e. The summed E-state index contributed by atoms with van der Waals surface area (Å²) in [5.41, 5.74) is 3.59. The van der Waals surface area contributed by atoms with Crippen LogP contribution in [0.15, 0.2) is 35.3 Å². The zero-order valence-electron chi connectivity index (χ0n) is 14.9. The molecule has 1 aliphatic heterocycles. The maximum absolute atomic E-state index is 11.6. The van der Waals surface area contributed by atoms with Crippen molar-refractivity contribution in [1.82, 2.24) is 4.98 Å². The third-order valence-corrected chi connectivity index (χ3v) is 6.22. The molecule has 8 heteroatoms. The number of H-pyrrole nitrogens is 1. The first-order valence-electron chi connectivity index (χ1n) is 8.43. The van der Waals surface area contributed by atoms with Crippen LogP contribution in [0.4, 0.5) is 11.4 Å². The molecule has 1 aromatic carbocycles. The second kappa shape index (κ2) is 7.41. The van der Waals surface area contributed by atoms with Crippen LogP contribution in [0, 0.1) is 6.92 Å². The van der Waals surface area contributed by atoms with E-state index < -0.39 is 9.84 Å². The van der Waals surface area contributed by atoms with Gasteiger partial charge in [-0.15, -0.1) is 0 Å². The summed E-state index contributed by atoms with van der Waals surface area (Å²) in [6.45, 7) is 3.45. The van der Waals surface area contributed by atoms with Crippen molar-refractivity contribution in [2.24, 2.45) is 0 Å². The Labute approximate surface area is 152 Å². The first-order chi connectivity index (χ1) is 12.4. The van der Waals surface area contributed by atoms with Crippen molar-refractivity contribution in [3.63, 3.8) is 0 Å². The number of nitrogens with one attached hydrogen (secondary N) is 2. The van der Waals surface area contributed by atoms with E-state index in [2.05, 4.69) is 15.2 Å². The van der Waals surface area contributed by atoms with Crippen LogP contribution in [-0.4, -0.2) is 45.1 Å². The SMILES string of the molecule is COc1cc(N2CCS(=O)(=O)CC2)ccc1NCc1c[nH]c(=O)cc1C. The summed E-state index contributed by atoms with van der Waals surface area (Å²) in [6, 6.07) is 7.38. The number of pyridine rings is 1. The van der Waals surface area contributed by atoms with E-state index in [0.717, 1.165) is 22.5 Å². The number of rotatable bonds is 5. The summed E-state index contributed by atoms with van der Waals surface area (Å²) in [5.74, 6) is 1.06. The number of hydrogen-bond acceptors (Lipinski definition) is 6. The third-order valence-electron chi connectivity index (χ3n) is 4.61. The lowest BCUT2D eigenvalue weighted by atomic mass is 10.1. The fourth-order valence-corrected chi connectivity index (χ4v) is 4.18. The number of hydrogen-bond donors (Lipinski definition) is 2. The molecule has 1 aromatic heterocycles. The molecule has 1 fully saturated rings. The predicted octanol–water partition coefficient (Wildman–Crippen LogP) is 1.54. The van der Waals surface area contributed by atoms with Crippen molar-refractivity contribution in [3.8, 4) is 5.75 Å². The molecule has 0 atom stereocenters. The molecule has 0 saturated carbocycles. The van der Waals surface area contributed by atoms with Gasteiger partial charge >= 0.3 is 0 Å². The summed E-state index contributed by atoms with van der Waals surface area (Å²) in [6.07, 6.45) is 1.71. The Morgan fingerprint density at radius 1 is 1.23 bits per heavy atom. The highest BCUT2D eigenvalue weighted by molar-refractivity contribution is 7.91. The number of anilines is 2. The number of ether oxygens (including phenoxy) is 1. The van der Waals surface area contributed by atoms with Crippen LogP contribution in [0.5, 0.6) is 5.75 Å². The van der Waals surface area contributed by atoms with Gasteiger partial charge < -0.3 is 19.9 Å². The average molecular weight is 377 g/mol. The van der Waals surface area contributed by atoms with Crippen molar-refractivity contribution in [1.29, 1.82) is 0 Å². The Morgan fingerprint density at radius 3 is 2.62 bits per heavy atom. The summed E-state index contributed by atoms with van der Waals surface area (Å²) >= 11 is 0. The van der Waals surface area contributed by atoms with Gasteiger partial charge in [-0.1, -0.05) is 0 Å². The first kappa shape index (κ1) is 18.3. The van der Waals surface area contributed by atoms with Crippen LogP contribution in [-0.2, 0) is 16.4 Å². The van der Waals surface area contributed by atoms with Gasteiger partial charge in [-0.05, 0) is 30.2 Å². The van der Waals surface area contributed by atoms with Crippen molar-refractivity contribution in [2.75, 3.05) is 41.9 Å². The van der Waals surface area contributed by atoms with Crippen molar-refractivity contribution in [3.05, 3.63) is 51.9 Å². The Balaban J connectivity index is 1.73. The maximum atomic E-state index is 11.6. The molecule has 2 heterocycles. The molecule has 26 heavy (non-hydrogen) atoms. The molecule has 2 aromatic rings. The van der Waals surface area contributed by atoms with Gasteiger partial charge in [0.15, 0.2) is 9.84 Å². The van der Waals surface area contributed by atoms with E-state index in [-0.39, 0.29) is 17.1 Å². The summed E-state index contributed by atoms with van der Waals surface area (Å²) in [7, 11) is -1.30. The number of benzene rings is 1. The van der Waals surface area contributed by atoms with Crippen LogP contribution in [0.25, 0.3) is 0 Å². The van der Waals surface area contributed by atoms with Crippen LogP contribution >= 0.6 is 0 Å². The van der Waals surface area contributed by atoms with Crippen LogP contribution in [0.1, 0.15) is 11.1 Å². The summed E-state index contributed by atoms with van der Waals surface area (Å²) < 4.78 is 28.7. The van der Waals surface area contributed by atoms with E-state index in [1.165, 1.54) is 0 Å². The van der Waals surface area contributed by atoms with E-state index >= 15 is 0 Å². The number of aromatic nitrogens is 1. The minimum absolute atomic E-state index is 0.114. The number of aryl methyl sites for hydroxylation is 1. The van der Waals surface area contributed by atoms with E-state index in [1.54, 1.807) is 19.4 Å². The van der Waals surface area contributed by atoms with Gasteiger partial charge in [-0.2, -0.15) is 0 Å². The molecule has 3 rings (SSSR count). The van der Waals surface area contributed by atoms with E-state index in [1.807, 2.05) is 25.1 Å². The average Bonchev–Trinajstić information content (AvgIpc) is 2.61. The van der Waals surface area contributed by atoms with E-state index in [4.69, 9.17) is 4.74 Å². The molecule has 0 amide bonds. The first-order valence-corrected chi connectivity index (χ1v) is 10.3. The second-order valence-corrected chi connectivity index (χ2v) is 8.69. The van der Waals surface area contributed by atoms with Gasteiger partial charge in [0.2, 0.25) is 5.56 Å². The Hall–Kier alpha value is -2.48. The molecular weight excluding hydrogens is 354 g/mol. The Kier molecular flexibility index (Phi) is 5.22. The molecular formula is C18H23N3O4S. The molecule has 140 valence electrons. The molecule has 2 N–H and O–H groups in total. The fraction of sp³-hybridized carbons (Fsp3) is 0.389. The molecule has 0 spiro atoms. The number of methoxy groups -OCH3 is 1. The summed E-state index contributed by atoms with van der Waals surface area (Å²) in [4.78, 5) is 16.0. The lowest BCUT2D eigenvalue weighted by molar-refractivity contribution is 0.416. The molecule has 0 unspecified atom stereocenters. The van der Waals surface area contributed by atoms with Crippen LogP contribution in [0.2, 0.25) is 0 Å². The predicted molar refractivity (Wildman–Crippen MR) is 103 cm³/mol. The highest BCUT2D eigenvalue weighted by Gasteiger charge is 2.22. The normalized spacial score (nSPS) is 16.3. The second-order valence-electron chi connectivity index (χ2n) is 6.38. The lowest BCUT2D eigenvalue weighted by Crippen LogP contribution is -2.40. The van der Waals surface area contributed by atoms with Crippen LogP contribution < -0.4 is 20.5 Å². The number of sulfone groups is 1. The van der Waals surface area contributed by atoms with Crippen molar-refractivity contribution >= 4 is 21.2 Å². The van der Waals surface area contributed by atoms with E-state index in [0.29, 0.717) is 25.4 Å². The fourth-order valence-electron chi connectivity index (χ4n) is 2.98. The standard InChI is InChI=1S/C18H23N3O4S/c1-13-9-18(22)20-12-14(13)11-19-16-4-3-15(10-17(16)25-2)21-5-7-26(23,24)8-6-21/h3-4,9-10,12,19H,5-8,11H2,1-2H3,(H,20,22). The monoisotopic (exact) mass is 377 g/mol. The quantitative estimate of drug-likeness (QED) is 0.821. The zero-order chi connectivity index (χ0) is 18.7.